The van der Waals surface area contributed by atoms with Crippen LogP contribution < -0.4 is 5.32 Å². The molecule has 1 atom stereocenters. The van der Waals surface area contributed by atoms with E-state index in [1.165, 1.54) is 0 Å². The van der Waals surface area contributed by atoms with Gasteiger partial charge >= 0.3 is 5.97 Å². The molecule has 21 heavy (non-hydrogen) atoms. The Bertz CT molecular complexity index is 523. The van der Waals surface area contributed by atoms with Crippen molar-refractivity contribution in [2.45, 2.75) is 13.8 Å². The van der Waals surface area contributed by atoms with Crippen LogP contribution in [0.4, 0.5) is 14.5 Å². The van der Waals surface area contributed by atoms with Crippen molar-refractivity contribution in [3.8, 4) is 0 Å². The van der Waals surface area contributed by atoms with Crippen LogP contribution in [0, 0.1) is 17.6 Å². The lowest BCUT2D eigenvalue weighted by Gasteiger charge is -2.21. The molecule has 0 aliphatic rings. The first-order valence-corrected chi connectivity index (χ1v) is 6.53. The average Bonchev–Trinajstić information content (AvgIpc) is 2.40. The van der Waals surface area contributed by atoms with Crippen LogP contribution in [0.5, 0.6) is 0 Å². The summed E-state index contributed by atoms with van der Waals surface area (Å²) in [4.78, 5) is 24.2. The van der Waals surface area contributed by atoms with Crippen molar-refractivity contribution in [2.75, 3.05) is 25.0 Å². The summed E-state index contributed by atoms with van der Waals surface area (Å²) >= 11 is 0. The third-order valence-electron chi connectivity index (χ3n) is 2.97. The highest BCUT2D eigenvalue weighted by atomic mass is 19.1. The highest BCUT2D eigenvalue weighted by Crippen LogP contribution is 2.14. The van der Waals surface area contributed by atoms with Crippen LogP contribution >= 0.6 is 0 Å². The minimum Gasteiger partial charge on any atom is -0.481 e. The number of hydrogen-bond donors (Lipinski definition) is 2. The molecular weight excluding hydrogens is 282 g/mol. The molecule has 0 saturated carbocycles. The minimum absolute atomic E-state index is 0.0645. The Morgan fingerprint density at radius 3 is 2.57 bits per heavy atom. The smallest absolute Gasteiger partial charge is 0.307 e. The van der Waals surface area contributed by atoms with Gasteiger partial charge in [0.25, 0.3) is 0 Å². The molecule has 0 radical (unpaired) electrons. The van der Waals surface area contributed by atoms with E-state index in [2.05, 4.69) is 5.32 Å². The van der Waals surface area contributed by atoms with E-state index in [9.17, 15) is 18.4 Å². The molecule has 0 aromatic heterocycles. The van der Waals surface area contributed by atoms with Gasteiger partial charge < -0.3 is 10.4 Å². The Morgan fingerprint density at radius 2 is 2.05 bits per heavy atom. The molecule has 0 aliphatic heterocycles. The van der Waals surface area contributed by atoms with Crippen molar-refractivity contribution in [2.24, 2.45) is 5.92 Å². The predicted octanol–water partition coefficient (Wildman–Crippen LogP) is 1.95. The van der Waals surface area contributed by atoms with E-state index in [0.717, 1.165) is 12.1 Å². The van der Waals surface area contributed by atoms with Crippen molar-refractivity contribution in [1.82, 2.24) is 4.90 Å². The zero-order valence-corrected chi connectivity index (χ0v) is 11.9. The molecule has 1 aromatic carbocycles. The highest BCUT2D eigenvalue weighted by molar-refractivity contribution is 5.92. The average molecular weight is 300 g/mol. The van der Waals surface area contributed by atoms with Crippen molar-refractivity contribution in [1.29, 1.82) is 0 Å². The maximum Gasteiger partial charge on any atom is 0.307 e. The fraction of sp³-hybridized carbons (Fsp3) is 0.429. The fourth-order valence-electron chi connectivity index (χ4n) is 1.75. The van der Waals surface area contributed by atoms with Gasteiger partial charge in [0.2, 0.25) is 5.91 Å². The molecule has 0 aliphatic carbocycles. The molecular formula is C14H18F2N2O3. The van der Waals surface area contributed by atoms with E-state index in [-0.39, 0.29) is 18.8 Å². The maximum absolute atomic E-state index is 13.4. The van der Waals surface area contributed by atoms with Crippen LogP contribution in [0.3, 0.4) is 0 Å². The lowest BCUT2D eigenvalue weighted by molar-refractivity contribution is -0.142. The maximum atomic E-state index is 13.4. The third-order valence-corrected chi connectivity index (χ3v) is 2.97. The SMILES string of the molecule is CCN(CC(=O)Nc1ccc(F)cc1F)CC(C)C(=O)O. The van der Waals surface area contributed by atoms with Crippen LogP contribution in [0.1, 0.15) is 13.8 Å². The van der Waals surface area contributed by atoms with Gasteiger partial charge in [-0.25, -0.2) is 8.78 Å². The Kier molecular flexibility index (Phi) is 6.23. The summed E-state index contributed by atoms with van der Waals surface area (Å²) in [6.07, 6.45) is 0. The second-order valence-corrected chi connectivity index (χ2v) is 4.74. The topological polar surface area (TPSA) is 69.6 Å². The van der Waals surface area contributed by atoms with Crippen molar-refractivity contribution >= 4 is 17.6 Å². The highest BCUT2D eigenvalue weighted by Gasteiger charge is 2.17. The van der Waals surface area contributed by atoms with Gasteiger partial charge in [-0.2, -0.15) is 0 Å². The van der Waals surface area contributed by atoms with Crippen LogP contribution in [0.15, 0.2) is 18.2 Å². The molecule has 1 aromatic rings. The Labute approximate surface area is 121 Å². The number of rotatable bonds is 7. The Morgan fingerprint density at radius 1 is 1.38 bits per heavy atom. The normalized spacial score (nSPS) is 12.2. The van der Waals surface area contributed by atoms with Crippen LogP contribution in [-0.2, 0) is 9.59 Å². The number of carboxylic acid groups (broad SMARTS) is 1. The van der Waals surface area contributed by atoms with Gasteiger partial charge in [0.15, 0.2) is 0 Å². The number of benzene rings is 1. The van der Waals surface area contributed by atoms with Gasteiger partial charge in [0.1, 0.15) is 11.6 Å². The van der Waals surface area contributed by atoms with Gasteiger partial charge in [-0.15, -0.1) is 0 Å². The van der Waals surface area contributed by atoms with Crippen molar-refractivity contribution in [3.63, 3.8) is 0 Å². The van der Waals surface area contributed by atoms with Crippen LogP contribution in [0.2, 0.25) is 0 Å². The number of carbonyl (C=O) groups is 2. The number of nitrogens with zero attached hydrogens (tertiary/aromatic N) is 1. The van der Waals surface area contributed by atoms with Gasteiger partial charge in [0, 0.05) is 12.6 Å². The standard InChI is InChI=1S/C14H18F2N2O3/c1-3-18(7-9(2)14(20)21)8-13(19)17-12-5-4-10(15)6-11(12)16/h4-6,9H,3,7-8H2,1-2H3,(H,17,19)(H,20,21). The monoisotopic (exact) mass is 300 g/mol. The van der Waals surface area contributed by atoms with Crippen molar-refractivity contribution < 1.29 is 23.5 Å². The van der Waals surface area contributed by atoms with Crippen LogP contribution in [-0.4, -0.2) is 41.5 Å². The fourth-order valence-corrected chi connectivity index (χ4v) is 1.75. The molecule has 5 nitrogen and oxygen atoms in total. The molecule has 7 heteroatoms. The molecule has 1 amide bonds. The van der Waals surface area contributed by atoms with E-state index in [1.807, 2.05) is 0 Å². The molecule has 0 heterocycles. The van der Waals surface area contributed by atoms with Gasteiger partial charge in [0.05, 0.1) is 18.2 Å². The number of nitrogens with one attached hydrogen (secondary N) is 1. The van der Waals surface area contributed by atoms with Gasteiger partial charge in [-0.05, 0) is 18.7 Å². The second kappa shape index (κ2) is 7.68. The Balaban J connectivity index is 2.60. The summed E-state index contributed by atoms with van der Waals surface area (Å²) < 4.78 is 26.2. The number of amides is 1. The van der Waals surface area contributed by atoms with E-state index in [0.29, 0.717) is 12.6 Å². The number of anilines is 1. The second-order valence-electron chi connectivity index (χ2n) is 4.74. The molecule has 1 unspecified atom stereocenters. The molecule has 2 N–H and O–H groups in total. The molecule has 0 saturated heterocycles. The summed E-state index contributed by atoms with van der Waals surface area (Å²) in [6.45, 7) is 3.97. The molecule has 0 bridgehead atoms. The van der Waals surface area contributed by atoms with Crippen LogP contribution in [0.25, 0.3) is 0 Å². The summed E-state index contributed by atoms with van der Waals surface area (Å²) in [6, 6.07) is 2.86. The first-order chi connectivity index (χ1) is 9.83. The van der Waals surface area contributed by atoms with E-state index >= 15 is 0 Å². The lowest BCUT2D eigenvalue weighted by Crippen LogP contribution is -2.37. The summed E-state index contributed by atoms with van der Waals surface area (Å²) in [5.41, 5.74) is -0.108. The number of likely N-dealkylation sites (N-methyl/N-ethyl adjacent to an activating group) is 1. The Hall–Kier alpha value is -2.02. The summed E-state index contributed by atoms with van der Waals surface area (Å²) in [5.74, 6) is -3.63. The van der Waals surface area contributed by atoms with Crippen molar-refractivity contribution in [3.05, 3.63) is 29.8 Å². The van der Waals surface area contributed by atoms with Gasteiger partial charge in [-0.3, -0.25) is 14.5 Å². The number of aliphatic carboxylic acids is 1. The molecule has 116 valence electrons. The number of carbonyl (C=O) groups excluding carboxylic acids is 1. The third kappa shape index (κ3) is 5.47. The molecule has 0 spiro atoms. The first kappa shape index (κ1) is 17.0. The zero-order chi connectivity index (χ0) is 16.0. The van der Waals surface area contributed by atoms with E-state index in [4.69, 9.17) is 5.11 Å². The van der Waals surface area contributed by atoms with Gasteiger partial charge in [-0.1, -0.05) is 13.8 Å². The quantitative estimate of drug-likeness (QED) is 0.807. The number of carboxylic acids is 1. The lowest BCUT2D eigenvalue weighted by atomic mass is 10.1. The molecule has 1 rings (SSSR count). The molecule has 0 fully saturated rings. The largest absolute Gasteiger partial charge is 0.481 e. The minimum atomic E-state index is -0.946. The predicted molar refractivity (Wildman–Crippen MR) is 73.9 cm³/mol. The summed E-state index contributed by atoms with van der Waals surface area (Å²) in [7, 11) is 0. The zero-order valence-electron chi connectivity index (χ0n) is 11.9. The number of hydrogen-bond acceptors (Lipinski definition) is 3. The van der Waals surface area contributed by atoms with E-state index < -0.39 is 29.4 Å². The van der Waals surface area contributed by atoms with E-state index in [1.54, 1.807) is 18.7 Å². The first-order valence-electron chi connectivity index (χ1n) is 6.53. The number of halogens is 2. The summed E-state index contributed by atoms with van der Waals surface area (Å²) in [5, 5.41) is 11.2.